The van der Waals surface area contributed by atoms with Crippen molar-refractivity contribution in [1.29, 1.82) is 5.26 Å². The zero-order valence-corrected chi connectivity index (χ0v) is 18.3. The van der Waals surface area contributed by atoms with Crippen LogP contribution in [0.25, 0.3) is 11.8 Å². The summed E-state index contributed by atoms with van der Waals surface area (Å²) < 4.78 is 2.20. The summed E-state index contributed by atoms with van der Waals surface area (Å²) in [5.41, 5.74) is 6.96. The minimum atomic E-state index is -0.486. The lowest BCUT2D eigenvalue weighted by Gasteiger charge is -2.17. The Morgan fingerprint density at radius 3 is 2.57 bits per heavy atom. The molecule has 1 heterocycles. The van der Waals surface area contributed by atoms with Crippen LogP contribution in [-0.4, -0.2) is 10.5 Å². The van der Waals surface area contributed by atoms with Gasteiger partial charge < -0.3 is 9.88 Å². The number of rotatable bonds is 5. The minimum Gasteiger partial charge on any atom is -0.320 e. The highest BCUT2D eigenvalue weighted by Gasteiger charge is 2.17. The minimum absolute atomic E-state index is 0.0238. The number of aryl methyl sites for hydroxylation is 3. The van der Waals surface area contributed by atoms with Gasteiger partial charge in [-0.3, -0.25) is 4.79 Å². The monoisotopic (exact) mass is 417 g/mol. The number of halogens is 1. The first-order valence-corrected chi connectivity index (χ1v) is 10.2. The highest BCUT2D eigenvalue weighted by Crippen LogP contribution is 2.28. The molecule has 1 amide bonds. The van der Waals surface area contributed by atoms with Gasteiger partial charge in [0, 0.05) is 11.4 Å². The summed E-state index contributed by atoms with van der Waals surface area (Å²) in [6.07, 6.45) is 2.55. The van der Waals surface area contributed by atoms with Crippen molar-refractivity contribution >= 4 is 29.3 Å². The highest BCUT2D eigenvalue weighted by molar-refractivity contribution is 6.34. The molecule has 2 aromatic carbocycles. The first-order chi connectivity index (χ1) is 14.4. The third-order valence-electron chi connectivity index (χ3n) is 5.18. The Bertz CT molecular complexity index is 1180. The van der Waals surface area contributed by atoms with Gasteiger partial charge in [-0.2, -0.15) is 5.26 Å². The predicted octanol–water partition coefficient (Wildman–Crippen LogP) is 6.16. The lowest BCUT2D eigenvalue weighted by atomic mass is 10.1. The van der Waals surface area contributed by atoms with Gasteiger partial charge >= 0.3 is 0 Å². The van der Waals surface area contributed by atoms with Gasteiger partial charge in [-0.25, -0.2) is 0 Å². The fourth-order valence-corrected chi connectivity index (χ4v) is 3.84. The molecule has 0 aliphatic heterocycles. The van der Waals surface area contributed by atoms with E-state index in [1.54, 1.807) is 30.3 Å². The van der Waals surface area contributed by atoms with Crippen LogP contribution >= 0.6 is 11.6 Å². The third kappa shape index (κ3) is 4.17. The highest BCUT2D eigenvalue weighted by atomic mass is 35.5. The summed E-state index contributed by atoms with van der Waals surface area (Å²) in [5.74, 6) is -0.486. The average molecular weight is 418 g/mol. The van der Waals surface area contributed by atoms with E-state index < -0.39 is 5.91 Å². The second kappa shape index (κ2) is 9.02. The molecule has 0 atom stereocenters. The molecular formula is C25H24ClN3O. The second-order valence-electron chi connectivity index (χ2n) is 7.20. The van der Waals surface area contributed by atoms with Crippen LogP contribution in [0, 0.1) is 32.1 Å². The van der Waals surface area contributed by atoms with Gasteiger partial charge in [0.2, 0.25) is 0 Å². The van der Waals surface area contributed by atoms with Crippen molar-refractivity contribution in [3.8, 4) is 11.8 Å². The maximum atomic E-state index is 12.7. The summed E-state index contributed by atoms with van der Waals surface area (Å²) >= 11 is 6.12. The van der Waals surface area contributed by atoms with Crippen LogP contribution in [0.3, 0.4) is 0 Å². The zero-order chi connectivity index (χ0) is 21.8. The number of carbonyl (C=O) groups excluding carboxylic acids is 1. The Morgan fingerprint density at radius 1 is 1.17 bits per heavy atom. The number of amides is 1. The van der Waals surface area contributed by atoms with Crippen molar-refractivity contribution in [3.63, 3.8) is 0 Å². The van der Waals surface area contributed by atoms with E-state index in [-0.39, 0.29) is 5.57 Å². The number of carbonyl (C=O) groups is 1. The maximum Gasteiger partial charge on any atom is 0.266 e. The van der Waals surface area contributed by atoms with E-state index in [0.29, 0.717) is 10.7 Å². The Labute approximate surface area is 182 Å². The zero-order valence-electron chi connectivity index (χ0n) is 17.6. The SMILES string of the molecule is CCc1cccc(C)c1-n1c(C)cc(/C=C(/C#N)C(=O)Nc2ccccc2Cl)c1C. The molecule has 0 spiro atoms. The van der Waals surface area contributed by atoms with Gasteiger partial charge in [0.25, 0.3) is 5.91 Å². The molecule has 4 nitrogen and oxygen atoms in total. The van der Waals surface area contributed by atoms with Crippen molar-refractivity contribution in [2.45, 2.75) is 34.1 Å². The number of nitrogens with zero attached hydrogens (tertiary/aromatic N) is 2. The van der Waals surface area contributed by atoms with Gasteiger partial charge in [-0.15, -0.1) is 0 Å². The molecule has 0 radical (unpaired) electrons. The molecule has 3 aromatic rings. The van der Waals surface area contributed by atoms with Crippen LogP contribution in [0.2, 0.25) is 5.02 Å². The molecule has 5 heteroatoms. The van der Waals surface area contributed by atoms with E-state index in [2.05, 4.69) is 41.9 Å². The van der Waals surface area contributed by atoms with E-state index in [0.717, 1.165) is 29.1 Å². The molecule has 1 N–H and O–H groups in total. The number of hydrogen-bond acceptors (Lipinski definition) is 2. The topological polar surface area (TPSA) is 57.8 Å². The summed E-state index contributed by atoms with van der Waals surface area (Å²) in [4.78, 5) is 12.7. The second-order valence-corrected chi connectivity index (χ2v) is 7.61. The molecule has 0 aliphatic carbocycles. The summed E-state index contributed by atoms with van der Waals surface area (Å²) in [5, 5.41) is 12.7. The largest absolute Gasteiger partial charge is 0.320 e. The number of benzene rings is 2. The fraction of sp³-hybridized carbons (Fsp3) is 0.200. The van der Waals surface area contributed by atoms with Crippen molar-refractivity contribution in [2.75, 3.05) is 5.32 Å². The lowest BCUT2D eigenvalue weighted by Crippen LogP contribution is -2.13. The van der Waals surface area contributed by atoms with Crippen molar-refractivity contribution in [1.82, 2.24) is 4.57 Å². The predicted molar refractivity (Wildman–Crippen MR) is 123 cm³/mol. The van der Waals surface area contributed by atoms with Gasteiger partial charge in [0.05, 0.1) is 16.4 Å². The van der Waals surface area contributed by atoms with Gasteiger partial charge in [0.15, 0.2) is 0 Å². The molecule has 152 valence electrons. The summed E-state index contributed by atoms with van der Waals surface area (Å²) in [7, 11) is 0. The van der Waals surface area contributed by atoms with Crippen molar-refractivity contribution < 1.29 is 4.79 Å². The smallest absolute Gasteiger partial charge is 0.266 e. The van der Waals surface area contributed by atoms with Crippen LogP contribution in [0.5, 0.6) is 0 Å². The number of aromatic nitrogens is 1. The van der Waals surface area contributed by atoms with Crippen LogP contribution in [0.15, 0.2) is 54.1 Å². The average Bonchev–Trinajstić information content (AvgIpc) is 3.00. The van der Waals surface area contributed by atoms with E-state index in [1.165, 1.54) is 11.1 Å². The normalized spacial score (nSPS) is 11.3. The third-order valence-corrected chi connectivity index (χ3v) is 5.51. The quantitative estimate of drug-likeness (QED) is 0.399. The van der Waals surface area contributed by atoms with E-state index >= 15 is 0 Å². The number of anilines is 1. The Morgan fingerprint density at radius 2 is 1.90 bits per heavy atom. The fourth-order valence-electron chi connectivity index (χ4n) is 3.66. The van der Waals surface area contributed by atoms with Gasteiger partial charge in [0.1, 0.15) is 11.6 Å². The summed E-state index contributed by atoms with van der Waals surface area (Å²) in [6.45, 7) is 8.28. The molecule has 0 saturated heterocycles. The molecule has 0 bridgehead atoms. The maximum absolute atomic E-state index is 12.7. The first-order valence-electron chi connectivity index (χ1n) is 9.82. The van der Waals surface area contributed by atoms with Crippen LogP contribution in [-0.2, 0) is 11.2 Å². The Hall–Kier alpha value is -3.29. The van der Waals surface area contributed by atoms with E-state index in [9.17, 15) is 10.1 Å². The number of nitrogens with one attached hydrogen (secondary N) is 1. The van der Waals surface area contributed by atoms with Crippen molar-refractivity contribution in [3.05, 3.63) is 87.2 Å². The molecule has 1 aromatic heterocycles. The number of hydrogen-bond donors (Lipinski definition) is 1. The molecular weight excluding hydrogens is 394 g/mol. The standard InChI is InChI=1S/C25H24ClN3O/c1-5-19-10-8-9-16(2)24(19)29-17(3)13-20(18(29)4)14-21(15-27)25(30)28-23-12-7-6-11-22(23)26/h6-14H,5H2,1-4H3,(H,28,30)/b21-14-. The molecule has 0 unspecified atom stereocenters. The molecule has 0 saturated carbocycles. The van der Waals surface area contributed by atoms with Gasteiger partial charge in [-0.1, -0.05) is 48.9 Å². The lowest BCUT2D eigenvalue weighted by molar-refractivity contribution is -0.112. The molecule has 30 heavy (non-hydrogen) atoms. The van der Waals surface area contributed by atoms with Crippen LogP contribution in [0.1, 0.15) is 35.0 Å². The van der Waals surface area contributed by atoms with E-state index in [1.807, 2.05) is 26.0 Å². The Kier molecular flexibility index (Phi) is 6.44. The van der Waals surface area contributed by atoms with Crippen LogP contribution < -0.4 is 5.32 Å². The molecule has 0 fully saturated rings. The number of nitriles is 1. The molecule has 3 rings (SSSR count). The first kappa shape index (κ1) is 21.4. The van der Waals surface area contributed by atoms with Gasteiger partial charge in [-0.05, 0) is 68.2 Å². The summed E-state index contributed by atoms with van der Waals surface area (Å²) in [6, 6.07) is 17.3. The number of para-hydroxylation sites is 2. The van der Waals surface area contributed by atoms with Crippen LogP contribution in [0.4, 0.5) is 5.69 Å². The Balaban J connectivity index is 2.02. The molecule has 0 aliphatic rings. The van der Waals surface area contributed by atoms with Crippen molar-refractivity contribution in [2.24, 2.45) is 0 Å². The van der Waals surface area contributed by atoms with E-state index in [4.69, 9.17) is 11.6 Å².